The lowest BCUT2D eigenvalue weighted by molar-refractivity contribution is -0.156. The monoisotopic (exact) mass is 298 g/mol. The summed E-state index contributed by atoms with van der Waals surface area (Å²) >= 11 is 0. The molecule has 0 atom stereocenters. The predicted octanol–water partition coefficient (Wildman–Crippen LogP) is 2.15. The Balaban J connectivity index is 1.93. The summed E-state index contributed by atoms with van der Waals surface area (Å²) in [6, 6.07) is 0. The molecule has 112 valence electrons. The molecule has 0 aromatic carbocycles. The van der Waals surface area contributed by atoms with Crippen LogP contribution in [-0.4, -0.2) is 21.5 Å². The van der Waals surface area contributed by atoms with E-state index in [0.717, 1.165) is 24.2 Å². The second-order valence-electron chi connectivity index (χ2n) is 5.36. The summed E-state index contributed by atoms with van der Waals surface area (Å²) in [5, 5.41) is 11.5. The van der Waals surface area contributed by atoms with Gasteiger partial charge < -0.3 is 9.84 Å². The van der Waals surface area contributed by atoms with E-state index in [4.69, 9.17) is 0 Å². The summed E-state index contributed by atoms with van der Waals surface area (Å²) in [7, 11) is 0. The predicted molar refractivity (Wildman–Crippen MR) is 66.5 cm³/mol. The number of rotatable bonds is 0. The lowest BCUT2D eigenvalue weighted by Gasteiger charge is -2.12. The molecule has 0 unspecified atom stereocenters. The lowest BCUT2D eigenvalue weighted by atomic mass is 10.0. The molecular formula is C13H13F3N4O. The molecule has 0 saturated carbocycles. The van der Waals surface area contributed by atoms with Crippen molar-refractivity contribution < 1.29 is 17.7 Å². The molecule has 8 heteroatoms. The van der Waals surface area contributed by atoms with Gasteiger partial charge in [-0.15, -0.1) is 0 Å². The topological polar surface area (TPSA) is 55.9 Å². The van der Waals surface area contributed by atoms with Gasteiger partial charge in [0.15, 0.2) is 0 Å². The molecule has 0 radical (unpaired) electrons. The van der Waals surface area contributed by atoms with Crippen molar-refractivity contribution in [2.45, 2.75) is 38.5 Å². The minimum absolute atomic E-state index is 0.162. The Labute approximate surface area is 118 Å². The smallest absolute Gasteiger partial charge is 0.351 e. The molecule has 0 spiro atoms. The van der Waals surface area contributed by atoms with Crippen LogP contribution in [0, 0.1) is 0 Å². The first-order valence-electron chi connectivity index (χ1n) is 6.91. The maximum Gasteiger partial charge on any atom is 0.452 e. The van der Waals surface area contributed by atoms with Crippen molar-refractivity contribution >= 4 is 0 Å². The first-order chi connectivity index (χ1) is 10.1. The van der Waals surface area contributed by atoms with Gasteiger partial charge in [0.05, 0.1) is 11.4 Å². The van der Waals surface area contributed by atoms with Gasteiger partial charge in [0, 0.05) is 37.2 Å². The zero-order chi connectivity index (χ0) is 14.6. The number of aryl methyl sites for hydroxylation is 1. The Morgan fingerprint density at radius 2 is 2.05 bits per heavy atom. The molecule has 4 rings (SSSR count). The molecule has 2 aromatic heterocycles. The third kappa shape index (κ3) is 1.89. The molecular weight excluding hydrogens is 285 g/mol. The maximum atomic E-state index is 13.0. The van der Waals surface area contributed by atoms with Crippen molar-refractivity contribution in [1.82, 2.24) is 20.3 Å². The Bertz CT molecular complexity index is 701. The molecule has 5 nitrogen and oxygen atoms in total. The molecule has 0 saturated heterocycles. The third-order valence-electron chi connectivity index (χ3n) is 4.04. The minimum Gasteiger partial charge on any atom is -0.351 e. The van der Waals surface area contributed by atoms with E-state index in [-0.39, 0.29) is 5.56 Å². The van der Waals surface area contributed by atoms with E-state index in [9.17, 15) is 13.2 Å². The summed E-state index contributed by atoms with van der Waals surface area (Å²) in [6.07, 6.45) is -2.82. The van der Waals surface area contributed by atoms with Gasteiger partial charge in [-0.05, 0) is 12.8 Å². The second kappa shape index (κ2) is 4.33. The van der Waals surface area contributed by atoms with Crippen molar-refractivity contribution in [2.24, 2.45) is 0 Å². The van der Waals surface area contributed by atoms with Crippen LogP contribution in [0.25, 0.3) is 11.4 Å². The SMILES string of the molecule is FC(F)(F)c1onc2c1CCCn1nc3c(c1-2)CNCC3. The normalized spacial score (nSPS) is 17.9. The number of hydrogen-bond donors (Lipinski definition) is 1. The fraction of sp³-hybridized carbons (Fsp3) is 0.538. The number of aromatic nitrogens is 3. The number of fused-ring (bicyclic) bond motifs is 5. The molecule has 0 bridgehead atoms. The van der Waals surface area contributed by atoms with Crippen LogP contribution in [0.4, 0.5) is 13.2 Å². The van der Waals surface area contributed by atoms with Gasteiger partial charge in [0.25, 0.3) is 0 Å². The van der Waals surface area contributed by atoms with Crippen LogP contribution in [0.3, 0.4) is 0 Å². The van der Waals surface area contributed by atoms with E-state index in [1.165, 1.54) is 0 Å². The Hall–Kier alpha value is -1.83. The first-order valence-corrected chi connectivity index (χ1v) is 6.91. The molecule has 2 aliphatic rings. The lowest BCUT2D eigenvalue weighted by Crippen LogP contribution is -2.23. The standard InChI is InChI=1S/C13H13F3N4O/c14-13(15,16)12-7-2-1-5-20-11(10(7)19-21-12)8-6-17-4-3-9(8)18-20/h17H,1-6H2. The molecule has 0 fully saturated rings. The van der Waals surface area contributed by atoms with Gasteiger partial charge in [0.1, 0.15) is 5.69 Å². The molecule has 2 aromatic rings. The van der Waals surface area contributed by atoms with E-state index < -0.39 is 11.9 Å². The highest BCUT2D eigenvalue weighted by Gasteiger charge is 2.42. The van der Waals surface area contributed by atoms with Gasteiger partial charge in [-0.3, -0.25) is 4.68 Å². The maximum absolute atomic E-state index is 13.0. The highest BCUT2D eigenvalue weighted by Crippen LogP contribution is 2.40. The Morgan fingerprint density at radius 1 is 1.19 bits per heavy atom. The van der Waals surface area contributed by atoms with Crippen molar-refractivity contribution in [3.05, 3.63) is 22.6 Å². The molecule has 21 heavy (non-hydrogen) atoms. The third-order valence-corrected chi connectivity index (χ3v) is 4.04. The zero-order valence-electron chi connectivity index (χ0n) is 11.1. The van der Waals surface area contributed by atoms with Crippen LogP contribution < -0.4 is 5.32 Å². The number of nitrogens with one attached hydrogen (secondary N) is 1. The Kier molecular flexibility index (Phi) is 2.66. The summed E-state index contributed by atoms with van der Waals surface area (Å²) in [5.74, 6) is -0.968. The fourth-order valence-electron chi connectivity index (χ4n) is 3.14. The van der Waals surface area contributed by atoms with E-state index in [0.29, 0.717) is 37.3 Å². The van der Waals surface area contributed by atoms with Crippen LogP contribution in [0.2, 0.25) is 0 Å². The summed E-state index contributed by atoms with van der Waals surface area (Å²) < 4.78 is 45.4. The minimum atomic E-state index is -4.51. The number of alkyl halides is 3. The molecule has 0 amide bonds. The molecule has 2 aliphatic heterocycles. The Morgan fingerprint density at radius 3 is 2.86 bits per heavy atom. The van der Waals surface area contributed by atoms with E-state index in [1.807, 2.05) is 0 Å². The van der Waals surface area contributed by atoms with Crippen LogP contribution in [0.1, 0.15) is 29.0 Å². The van der Waals surface area contributed by atoms with Crippen molar-refractivity contribution in [3.8, 4) is 11.4 Å². The van der Waals surface area contributed by atoms with Gasteiger partial charge in [-0.2, -0.15) is 18.3 Å². The van der Waals surface area contributed by atoms with Crippen LogP contribution in [0.15, 0.2) is 4.52 Å². The highest BCUT2D eigenvalue weighted by atomic mass is 19.4. The van der Waals surface area contributed by atoms with Crippen LogP contribution in [-0.2, 0) is 32.1 Å². The molecule has 4 heterocycles. The van der Waals surface area contributed by atoms with Crippen molar-refractivity contribution in [1.29, 1.82) is 0 Å². The average molecular weight is 298 g/mol. The van der Waals surface area contributed by atoms with Crippen LogP contribution >= 0.6 is 0 Å². The summed E-state index contributed by atoms with van der Waals surface area (Å²) in [5.41, 5.74) is 3.05. The van der Waals surface area contributed by atoms with E-state index in [1.54, 1.807) is 4.68 Å². The van der Waals surface area contributed by atoms with Gasteiger partial charge in [0.2, 0.25) is 5.76 Å². The van der Waals surface area contributed by atoms with Crippen molar-refractivity contribution in [2.75, 3.05) is 6.54 Å². The number of halogens is 3. The summed E-state index contributed by atoms with van der Waals surface area (Å²) in [6.45, 7) is 2.05. The summed E-state index contributed by atoms with van der Waals surface area (Å²) in [4.78, 5) is 0. The number of nitrogens with zero attached hydrogens (tertiary/aromatic N) is 3. The fourth-order valence-corrected chi connectivity index (χ4v) is 3.14. The van der Waals surface area contributed by atoms with E-state index in [2.05, 4.69) is 20.1 Å². The largest absolute Gasteiger partial charge is 0.452 e. The highest BCUT2D eigenvalue weighted by molar-refractivity contribution is 5.66. The van der Waals surface area contributed by atoms with Gasteiger partial charge in [-0.25, -0.2) is 0 Å². The van der Waals surface area contributed by atoms with Crippen molar-refractivity contribution in [3.63, 3.8) is 0 Å². The van der Waals surface area contributed by atoms with Gasteiger partial charge in [-0.1, -0.05) is 5.16 Å². The van der Waals surface area contributed by atoms with Gasteiger partial charge >= 0.3 is 6.18 Å². The molecule has 0 aliphatic carbocycles. The number of hydrogen-bond acceptors (Lipinski definition) is 4. The first kappa shape index (κ1) is 12.9. The van der Waals surface area contributed by atoms with Crippen LogP contribution in [0.5, 0.6) is 0 Å². The molecule has 1 N–H and O–H groups in total. The average Bonchev–Trinajstić information content (AvgIpc) is 2.95. The second-order valence-corrected chi connectivity index (χ2v) is 5.36. The zero-order valence-corrected chi connectivity index (χ0v) is 11.1. The van der Waals surface area contributed by atoms with E-state index >= 15 is 0 Å². The quantitative estimate of drug-likeness (QED) is 0.809.